The predicted octanol–water partition coefficient (Wildman–Crippen LogP) is 6.45. The maximum absolute atomic E-state index is 13.7. The number of furan rings is 1. The molecule has 2 aromatic carbocycles. The van der Waals surface area contributed by atoms with Gasteiger partial charge < -0.3 is 18.8 Å². The van der Waals surface area contributed by atoms with Gasteiger partial charge in [0.15, 0.2) is 5.76 Å². The molecule has 0 unspecified atom stereocenters. The van der Waals surface area contributed by atoms with Crippen LogP contribution in [0.15, 0.2) is 71.3 Å². The molecule has 0 N–H and O–H groups in total. The van der Waals surface area contributed by atoms with Crippen molar-refractivity contribution >= 4 is 5.91 Å². The molecule has 1 aliphatic heterocycles. The Labute approximate surface area is 206 Å². The first kappa shape index (κ1) is 25.0. The summed E-state index contributed by atoms with van der Waals surface area (Å²) < 4.78 is 30.4. The van der Waals surface area contributed by atoms with Gasteiger partial charge in [-0.2, -0.15) is 0 Å². The summed E-state index contributed by atoms with van der Waals surface area (Å²) >= 11 is 0. The SMILES string of the molecule is COc1ccc(CN(CC[C@H](c2ccc(F)cc2)[C@H]2CCOC(C)(C)C2)C(=O)c2ccco2)cc1. The predicted molar refractivity (Wildman–Crippen MR) is 133 cm³/mol. The van der Waals surface area contributed by atoms with E-state index in [0.717, 1.165) is 36.1 Å². The Morgan fingerprint density at radius 1 is 1.14 bits per heavy atom. The van der Waals surface area contributed by atoms with Crippen molar-refractivity contribution in [3.63, 3.8) is 0 Å². The lowest BCUT2D eigenvalue weighted by atomic mass is 9.75. The van der Waals surface area contributed by atoms with Crippen molar-refractivity contribution in [2.75, 3.05) is 20.3 Å². The molecule has 0 saturated carbocycles. The van der Waals surface area contributed by atoms with Crippen molar-refractivity contribution in [3.05, 3.63) is 89.6 Å². The number of benzene rings is 2. The minimum atomic E-state index is -0.242. The maximum Gasteiger partial charge on any atom is 0.289 e. The van der Waals surface area contributed by atoms with Crippen molar-refractivity contribution in [2.24, 2.45) is 5.92 Å². The number of ether oxygens (including phenoxy) is 2. The van der Waals surface area contributed by atoms with Gasteiger partial charge in [0.25, 0.3) is 5.91 Å². The van der Waals surface area contributed by atoms with Crippen LogP contribution in [0.2, 0.25) is 0 Å². The minimum absolute atomic E-state index is 0.143. The van der Waals surface area contributed by atoms with Crippen molar-refractivity contribution in [1.29, 1.82) is 0 Å². The summed E-state index contributed by atoms with van der Waals surface area (Å²) in [5, 5.41) is 0. The topological polar surface area (TPSA) is 51.9 Å². The van der Waals surface area contributed by atoms with E-state index in [1.807, 2.05) is 41.3 Å². The molecular weight excluding hydrogens is 445 g/mol. The molecule has 186 valence electrons. The summed E-state index contributed by atoms with van der Waals surface area (Å²) in [6, 6.07) is 18.0. The van der Waals surface area contributed by atoms with E-state index in [0.29, 0.717) is 31.4 Å². The van der Waals surface area contributed by atoms with Crippen LogP contribution in [0.25, 0.3) is 0 Å². The fourth-order valence-electron chi connectivity index (χ4n) is 5.06. The van der Waals surface area contributed by atoms with Gasteiger partial charge >= 0.3 is 0 Å². The van der Waals surface area contributed by atoms with Gasteiger partial charge in [-0.25, -0.2) is 4.39 Å². The Hall–Kier alpha value is -3.12. The van der Waals surface area contributed by atoms with Gasteiger partial charge in [0.05, 0.1) is 19.0 Å². The molecule has 5 nitrogen and oxygen atoms in total. The summed E-state index contributed by atoms with van der Waals surface area (Å²) in [7, 11) is 1.63. The minimum Gasteiger partial charge on any atom is -0.497 e. The second kappa shape index (κ2) is 11.1. The molecular formula is C29H34FNO4. The van der Waals surface area contributed by atoms with Gasteiger partial charge in [0.2, 0.25) is 0 Å². The van der Waals surface area contributed by atoms with Crippen molar-refractivity contribution in [3.8, 4) is 5.75 Å². The zero-order valence-electron chi connectivity index (χ0n) is 20.7. The quantitative estimate of drug-likeness (QED) is 0.354. The van der Waals surface area contributed by atoms with E-state index in [4.69, 9.17) is 13.9 Å². The van der Waals surface area contributed by atoms with Gasteiger partial charge in [-0.3, -0.25) is 4.79 Å². The van der Waals surface area contributed by atoms with E-state index in [-0.39, 0.29) is 23.2 Å². The van der Waals surface area contributed by atoms with E-state index in [1.165, 1.54) is 18.4 Å². The van der Waals surface area contributed by atoms with E-state index in [2.05, 4.69) is 13.8 Å². The van der Waals surface area contributed by atoms with Crippen molar-refractivity contribution in [1.82, 2.24) is 4.90 Å². The number of hydrogen-bond donors (Lipinski definition) is 0. The summed E-state index contributed by atoms with van der Waals surface area (Å²) in [6.07, 6.45) is 4.13. The van der Waals surface area contributed by atoms with Crippen LogP contribution in [0.3, 0.4) is 0 Å². The lowest BCUT2D eigenvalue weighted by Crippen LogP contribution is -2.38. The number of nitrogens with zero attached hydrogens (tertiary/aromatic N) is 1. The Morgan fingerprint density at radius 3 is 2.51 bits per heavy atom. The highest BCUT2D eigenvalue weighted by molar-refractivity contribution is 5.91. The standard InChI is InChI=1S/C29H34FNO4/c1-29(2)19-23(15-18-35-29)26(22-8-10-24(30)11-9-22)14-16-31(28(32)27-5-4-17-34-27)20-21-6-12-25(33-3)13-7-21/h4-13,17,23,26H,14-16,18-20H2,1-3H3/t23-,26+/m0/s1. The van der Waals surface area contributed by atoms with Gasteiger partial charge in [-0.15, -0.1) is 0 Å². The first-order chi connectivity index (χ1) is 16.8. The van der Waals surface area contributed by atoms with Gasteiger partial charge in [0.1, 0.15) is 11.6 Å². The van der Waals surface area contributed by atoms with Crippen molar-refractivity contribution < 1.29 is 23.1 Å². The highest BCUT2D eigenvalue weighted by Crippen LogP contribution is 2.40. The second-order valence-corrected chi connectivity index (χ2v) is 9.86. The van der Waals surface area contributed by atoms with Crippen LogP contribution >= 0.6 is 0 Å². The molecule has 0 spiro atoms. The normalized spacial score (nSPS) is 18.1. The molecule has 6 heteroatoms. The Balaban J connectivity index is 1.57. The molecule has 1 aromatic heterocycles. The molecule has 1 fully saturated rings. The largest absolute Gasteiger partial charge is 0.497 e. The van der Waals surface area contributed by atoms with E-state index in [9.17, 15) is 9.18 Å². The third kappa shape index (κ3) is 6.51. The van der Waals surface area contributed by atoms with Crippen LogP contribution in [-0.4, -0.2) is 36.7 Å². The van der Waals surface area contributed by atoms with Crippen molar-refractivity contribution in [2.45, 2.75) is 51.2 Å². The highest BCUT2D eigenvalue weighted by atomic mass is 19.1. The van der Waals surface area contributed by atoms with Crippen LogP contribution in [0.4, 0.5) is 4.39 Å². The summed E-state index contributed by atoms with van der Waals surface area (Å²) in [4.78, 5) is 15.2. The first-order valence-electron chi connectivity index (χ1n) is 12.2. The Bertz CT molecular complexity index is 1080. The van der Waals surface area contributed by atoms with Gasteiger partial charge in [-0.1, -0.05) is 24.3 Å². The summed E-state index contributed by atoms with van der Waals surface area (Å²) in [6.45, 7) is 5.95. The highest BCUT2D eigenvalue weighted by Gasteiger charge is 2.34. The fraction of sp³-hybridized carbons (Fsp3) is 0.414. The lowest BCUT2D eigenvalue weighted by Gasteiger charge is -2.40. The number of rotatable bonds is 9. The van der Waals surface area contributed by atoms with Crippen LogP contribution in [0, 0.1) is 11.7 Å². The molecule has 4 rings (SSSR count). The molecule has 0 radical (unpaired) electrons. The van der Waals surface area contributed by atoms with Crippen LogP contribution in [-0.2, 0) is 11.3 Å². The molecule has 3 aromatic rings. The zero-order valence-corrected chi connectivity index (χ0v) is 20.7. The average molecular weight is 480 g/mol. The molecule has 0 aliphatic carbocycles. The Morgan fingerprint density at radius 2 is 1.89 bits per heavy atom. The molecule has 2 heterocycles. The fourth-order valence-corrected chi connectivity index (χ4v) is 5.06. The smallest absolute Gasteiger partial charge is 0.289 e. The average Bonchev–Trinajstić information content (AvgIpc) is 3.39. The number of carbonyl (C=O) groups excluding carboxylic acids is 1. The monoisotopic (exact) mass is 479 g/mol. The third-order valence-corrected chi connectivity index (χ3v) is 6.86. The summed E-state index contributed by atoms with van der Waals surface area (Å²) in [5.74, 6) is 1.28. The summed E-state index contributed by atoms with van der Waals surface area (Å²) in [5.41, 5.74) is 1.91. The van der Waals surface area contributed by atoms with E-state index < -0.39 is 0 Å². The van der Waals surface area contributed by atoms with Crippen LogP contribution in [0.5, 0.6) is 5.75 Å². The van der Waals surface area contributed by atoms with E-state index in [1.54, 1.807) is 19.2 Å². The molecule has 2 atom stereocenters. The number of hydrogen-bond acceptors (Lipinski definition) is 4. The van der Waals surface area contributed by atoms with Gasteiger partial charge in [0, 0.05) is 19.7 Å². The molecule has 0 bridgehead atoms. The number of methoxy groups -OCH3 is 1. The lowest BCUT2D eigenvalue weighted by molar-refractivity contribution is -0.0774. The van der Waals surface area contributed by atoms with Gasteiger partial charge in [-0.05, 0) is 92.5 Å². The third-order valence-electron chi connectivity index (χ3n) is 6.86. The van der Waals surface area contributed by atoms with Crippen LogP contribution < -0.4 is 4.74 Å². The molecule has 1 amide bonds. The van der Waals surface area contributed by atoms with E-state index >= 15 is 0 Å². The maximum atomic E-state index is 13.7. The van der Waals surface area contributed by atoms with Crippen LogP contribution in [0.1, 0.15) is 60.7 Å². The zero-order chi connectivity index (χ0) is 24.8. The number of carbonyl (C=O) groups is 1. The molecule has 35 heavy (non-hydrogen) atoms. The molecule has 1 saturated heterocycles. The number of halogens is 1. The number of amides is 1. The first-order valence-corrected chi connectivity index (χ1v) is 12.2. The molecule has 1 aliphatic rings. The Kier molecular flexibility index (Phi) is 7.91. The second-order valence-electron chi connectivity index (χ2n) is 9.86.